The molecular formula is C8H9FN2O2. The van der Waals surface area contributed by atoms with Gasteiger partial charge < -0.3 is 16.2 Å². The van der Waals surface area contributed by atoms with Crippen LogP contribution in [0.3, 0.4) is 0 Å². The van der Waals surface area contributed by atoms with Gasteiger partial charge in [0.1, 0.15) is 0 Å². The minimum absolute atomic E-state index is 0.164. The van der Waals surface area contributed by atoms with E-state index in [0.29, 0.717) is 0 Å². The van der Waals surface area contributed by atoms with E-state index in [0.717, 1.165) is 12.1 Å². The summed E-state index contributed by atoms with van der Waals surface area (Å²) in [5.74, 6) is -1.65. The summed E-state index contributed by atoms with van der Waals surface area (Å²) in [5.41, 5.74) is 5.30. The third kappa shape index (κ3) is 2.41. The maximum Gasteiger partial charge on any atom is 0.238 e. The second-order valence-corrected chi connectivity index (χ2v) is 2.42. The molecule has 1 rings (SSSR count). The number of nitrogens with two attached hydrogens (primary N) is 1. The summed E-state index contributed by atoms with van der Waals surface area (Å²) in [6, 6.07) is 3.55. The number of aromatic hydroxyl groups is 1. The maximum absolute atomic E-state index is 12.7. The molecule has 0 fully saturated rings. The fraction of sp³-hybridized carbons (Fsp3) is 0.125. The Kier molecular flexibility index (Phi) is 2.81. The lowest BCUT2D eigenvalue weighted by Gasteiger charge is -2.03. The Balaban J connectivity index is 2.79. The van der Waals surface area contributed by atoms with Crippen LogP contribution in [0.2, 0.25) is 0 Å². The van der Waals surface area contributed by atoms with Crippen molar-refractivity contribution in [2.24, 2.45) is 5.73 Å². The predicted molar refractivity (Wildman–Crippen MR) is 45.7 cm³/mol. The zero-order valence-electron chi connectivity index (χ0n) is 6.75. The van der Waals surface area contributed by atoms with Gasteiger partial charge >= 0.3 is 0 Å². The van der Waals surface area contributed by atoms with Gasteiger partial charge in [0.15, 0.2) is 11.6 Å². The molecule has 4 N–H and O–H groups in total. The zero-order valence-corrected chi connectivity index (χ0v) is 6.75. The van der Waals surface area contributed by atoms with Crippen molar-refractivity contribution in [2.75, 3.05) is 11.9 Å². The largest absolute Gasteiger partial charge is 0.505 e. The summed E-state index contributed by atoms with van der Waals surface area (Å²) in [5, 5.41) is 11.2. The number of hydrogen-bond donors (Lipinski definition) is 3. The molecule has 0 aliphatic heterocycles. The first-order chi connectivity index (χ1) is 6.13. The lowest BCUT2D eigenvalue weighted by molar-refractivity contribution is -0.114. The van der Waals surface area contributed by atoms with Crippen LogP contribution in [0, 0.1) is 5.82 Å². The van der Waals surface area contributed by atoms with E-state index in [-0.39, 0.29) is 12.2 Å². The molecule has 1 aromatic rings. The van der Waals surface area contributed by atoms with Crippen LogP contribution in [0.5, 0.6) is 5.75 Å². The number of hydrogen-bond acceptors (Lipinski definition) is 3. The minimum atomic E-state index is -0.783. The van der Waals surface area contributed by atoms with Crippen LogP contribution in [-0.4, -0.2) is 17.6 Å². The second kappa shape index (κ2) is 3.86. The molecule has 0 bridgehead atoms. The summed E-state index contributed by atoms with van der Waals surface area (Å²) in [7, 11) is 0. The number of halogens is 1. The van der Waals surface area contributed by atoms with Crippen LogP contribution in [0.15, 0.2) is 18.2 Å². The van der Waals surface area contributed by atoms with Crippen LogP contribution in [0.25, 0.3) is 0 Å². The number of nitrogens with one attached hydrogen (secondary N) is 1. The van der Waals surface area contributed by atoms with Gasteiger partial charge in [0.25, 0.3) is 0 Å². The lowest BCUT2D eigenvalue weighted by atomic mass is 10.3. The van der Waals surface area contributed by atoms with Gasteiger partial charge in [-0.3, -0.25) is 4.79 Å². The fourth-order valence-electron chi connectivity index (χ4n) is 0.797. The van der Waals surface area contributed by atoms with E-state index in [4.69, 9.17) is 10.8 Å². The highest BCUT2D eigenvalue weighted by Crippen LogP contribution is 2.18. The number of amides is 1. The second-order valence-electron chi connectivity index (χ2n) is 2.42. The smallest absolute Gasteiger partial charge is 0.238 e. The Morgan fingerprint density at radius 3 is 2.85 bits per heavy atom. The van der Waals surface area contributed by atoms with Gasteiger partial charge in [0.2, 0.25) is 5.91 Å². The molecule has 4 nitrogen and oxygen atoms in total. The van der Waals surface area contributed by atoms with Crippen molar-refractivity contribution in [1.82, 2.24) is 0 Å². The summed E-state index contributed by atoms with van der Waals surface area (Å²) < 4.78 is 12.7. The van der Waals surface area contributed by atoms with E-state index < -0.39 is 17.5 Å². The minimum Gasteiger partial charge on any atom is -0.505 e. The molecule has 13 heavy (non-hydrogen) atoms. The van der Waals surface area contributed by atoms with Gasteiger partial charge in [0, 0.05) is 11.8 Å². The molecule has 70 valence electrons. The summed E-state index contributed by atoms with van der Waals surface area (Å²) in [6.07, 6.45) is 0. The molecule has 5 heteroatoms. The van der Waals surface area contributed by atoms with Crippen molar-refractivity contribution in [3.63, 3.8) is 0 Å². The molecule has 1 amide bonds. The number of carbonyl (C=O) groups excluding carboxylic acids is 1. The molecule has 0 spiro atoms. The van der Waals surface area contributed by atoms with E-state index in [1.54, 1.807) is 0 Å². The first-order valence-electron chi connectivity index (χ1n) is 3.62. The molecule has 0 saturated carbocycles. The molecule has 1 aromatic carbocycles. The first-order valence-corrected chi connectivity index (χ1v) is 3.62. The SMILES string of the molecule is NCC(=O)Nc1ccc(O)c(F)c1. The standard InChI is InChI=1S/C8H9FN2O2/c9-6-3-5(1-2-7(6)12)11-8(13)4-10/h1-3,12H,4,10H2,(H,11,13). The normalized spacial score (nSPS) is 9.69. The van der Waals surface area contributed by atoms with E-state index >= 15 is 0 Å². The van der Waals surface area contributed by atoms with Gasteiger partial charge in [-0.25, -0.2) is 4.39 Å². The highest BCUT2D eigenvalue weighted by atomic mass is 19.1. The Morgan fingerprint density at radius 1 is 1.62 bits per heavy atom. The van der Waals surface area contributed by atoms with Crippen LogP contribution in [0.1, 0.15) is 0 Å². The summed E-state index contributed by atoms with van der Waals surface area (Å²) >= 11 is 0. The molecular weight excluding hydrogens is 175 g/mol. The van der Waals surface area contributed by atoms with Gasteiger partial charge in [-0.05, 0) is 12.1 Å². The van der Waals surface area contributed by atoms with Gasteiger partial charge in [-0.15, -0.1) is 0 Å². The van der Waals surface area contributed by atoms with Crippen molar-refractivity contribution < 1.29 is 14.3 Å². The molecule has 0 heterocycles. The van der Waals surface area contributed by atoms with Crippen LogP contribution < -0.4 is 11.1 Å². The summed E-state index contributed by atoms with van der Waals surface area (Å²) in [6.45, 7) is -0.164. The van der Waals surface area contributed by atoms with Gasteiger partial charge in [-0.2, -0.15) is 0 Å². The molecule has 0 aliphatic rings. The number of phenols is 1. The number of anilines is 1. The van der Waals surface area contributed by atoms with Crippen molar-refractivity contribution >= 4 is 11.6 Å². The van der Waals surface area contributed by atoms with E-state index in [1.807, 2.05) is 0 Å². The van der Waals surface area contributed by atoms with Crippen molar-refractivity contribution in [3.8, 4) is 5.75 Å². The van der Waals surface area contributed by atoms with Crippen LogP contribution in [0.4, 0.5) is 10.1 Å². The van der Waals surface area contributed by atoms with Crippen molar-refractivity contribution in [2.45, 2.75) is 0 Å². The van der Waals surface area contributed by atoms with Crippen LogP contribution >= 0.6 is 0 Å². The molecule has 0 aliphatic carbocycles. The fourth-order valence-corrected chi connectivity index (χ4v) is 0.797. The molecule has 0 atom stereocenters. The number of phenolic OH excluding ortho intramolecular Hbond substituents is 1. The molecule has 0 unspecified atom stereocenters. The monoisotopic (exact) mass is 184 g/mol. The van der Waals surface area contributed by atoms with E-state index in [9.17, 15) is 9.18 Å². The number of carbonyl (C=O) groups is 1. The van der Waals surface area contributed by atoms with E-state index in [1.165, 1.54) is 6.07 Å². The van der Waals surface area contributed by atoms with Gasteiger partial charge in [-0.1, -0.05) is 0 Å². The zero-order chi connectivity index (χ0) is 9.84. The topological polar surface area (TPSA) is 75.4 Å². The van der Waals surface area contributed by atoms with E-state index in [2.05, 4.69) is 5.32 Å². The predicted octanol–water partition coefficient (Wildman–Crippen LogP) is 0.428. The Bertz CT molecular complexity index is 328. The highest BCUT2D eigenvalue weighted by Gasteiger charge is 2.03. The quantitative estimate of drug-likeness (QED) is 0.583. The highest BCUT2D eigenvalue weighted by molar-refractivity contribution is 5.92. The van der Waals surface area contributed by atoms with Gasteiger partial charge in [0.05, 0.1) is 6.54 Å². The first kappa shape index (κ1) is 9.47. The molecule has 0 saturated heterocycles. The Labute approximate surface area is 74.2 Å². The summed E-state index contributed by atoms with van der Waals surface area (Å²) in [4.78, 5) is 10.8. The third-order valence-electron chi connectivity index (χ3n) is 1.42. The Morgan fingerprint density at radius 2 is 2.31 bits per heavy atom. The average Bonchev–Trinajstić information content (AvgIpc) is 2.11. The number of rotatable bonds is 2. The molecule has 0 aromatic heterocycles. The average molecular weight is 184 g/mol. The molecule has 0 radical (unpaired) electrons. The lowest BCUT2D eigenvalue weighted by Crippen LogP contribution is -2.21. The van der Waals surface area contributed by atoms with Crippen molar-refractivity contribution in [1.29, 1.82) is 0 Å². The Hall–Kier alpha value is -1.62. The maximum atomic E-state index is 12.7. The third-order valence-corrected chi connectivity index (χ3v) is 1.42. The van der Waals surface area contributed by atoms with Crippen molar-refractivity contribution in [3.05, 3.63) is 24.0 Å². The van der Waals surface area contributed by atoms with Crippen LogP contribution in [-0.2, 0) is 4.79 Å². The number of benzene rings is 1.